The minimum atomic E-state index is -4.43. The molecule has 0 radical (unpaired) electrons. The molecule has 0 spiro atoms. The number of benzene rings is 1. The summed E-state index contributed by atoms with van der Waals surface area (Å²) in [7, 11) is 0. The molecule has 0 aliphatic heterocycles. The van der Waals surface area contributed by atoms with E-state index in [9.17, 15) is 13.2 Å². The third kappa shape index (κ3) is 2.87. The van der Waals surface area contributed by atoms with Gasteiger partial charge in [-0.25, -0.2) is 4.98 Å². The molecule has 2 rings (SSSR count). The number of nitrogens with zero attached hydrogens (tertiary/aromatic N) is 1. The molecule has 0 atom stereocenters. The Morgan fingerprint density at radius 2 is 1.90 bits per heavy atom. The molecule has 20 heavy (non-hydrogen) atoms. The molecule has 3 nitrogen and oxygen atoms in total. The van der Waals surface area contributed by atoms with Crippen molar-refractivity contribution in [1.82, 2.24) is 4.98 Å². The van der Waals surface area contributed by atoms with Gasteiger partial charge in [0.1, 0.15) is 5.82 Å². The molecule has 0 aliphatic carbocycles. The van der Waals surface area contributed by atoms with Gasteiger partial charge in [-0.1, -0.05) is 12.1 Å². The second kappa shape index (κ2) is 5.32. The van der Waals surface area contributed by atoms with Crippen LogP contribution in [-0.4, -0.2) is 4.98 Å². The zero-order chi connectivity index (χ0) is 14.9. The molecule has 0 bridgehead atoms. The molecule has 3 N–H and O–H groups in total. The fourth-order valence-electron chi connectivity index (χ4n) is 1.65. The smallest absolute Gasteiger partial charge is 0.397 e. The highest BCUT2D eigenvalue weighted by molar-refractivity contribution is 9.10. The molecule has 0 saturated carbocycles. The van der Waals surface area contributed by atoms with E-state index in [1.807, 2.05) is 0 Å². The van der Waals surface area contributed by atoms with Crippen molar-refractivity contribution in [2.75, 3.05) is 11.1 Å². The first-order valence-electron chi connectivity index (χ1n) is 5.64. The number of halogens is 4. The summed E-state index contributed by atoms with van der Waals surface area (Å²) in [5, 5.41) is 2.68. The topological polar surface area (TPSA) is 50.9 Å². The average Bonchev–Trinajstić information content (AvgIpc) is 2.39. The van der Waals surface area contributed by atoms with Gasteiger partial charge in [0.2, 0.25) is 0 Å². The third-order valence-corrected chi connectivity index (χ3v) is 3.76. The van der Waals surface area contributed by atoms with E-state index < -0.39 is 11.7 Å². The molecule has 0 unspecified atom stereocenters. The highest BCUT2D eigenvalue weighted by Crippen LogP contribution is 2.37. The molecule has 7 heteroatoms. The van der Waals surface area contributed by atoms with Gasteiger partial charge in [-0.15, -0.1) is 0 Å². The van der Waals surface area contributed by atoms with Crippen LogP contribution in [0, 0.1) is 6.92 Å². The SMILES string of the molecule is Cc1c(N)cnc(Nc2ccccc2C(F)(F)F)c1Br. The first kappa shape index (κ1) is 14.6. The predicted octanol–water partition coefficient (Wildman–Crippen LogP) is 4.50. The fourth-order valence-corrected chi connectivity index (χ4v) is 2.08. The Hall–Kier alpha value is -1.76. The van der Waals surface area contributed by atoms with Crippen LogP contribution in [0.5, 0.6) is 0 Å². The summed E-state index contributed by atoms with van der Waals surface area (Å²) < 4.78 is 39.2. The number of pyridine rings is 1. The number of alkyl halides is 3. The van der Waals surface area contributed by atoms with E-state index in [4.69, 9.17) is 5.73 Å². The number of aromatic nitrogens is 1. The van der Waals surface area contributed by atoms with E-state index >= 15 is 0 Å². The van der Waals surface area contributed by atoms with Crippen molar-refractivity contribution in [2.45, 2.75) is 13.1 Å². The van der Waals surface area contributed by atoms with Crippen LogP contribution in [0.3, 0.4) is 0 Å². The van der Waals surface area contributed by atoms with Crippen LogP contribution in [0.2, 0.25) is 0 Å². The van der Waals surface area contributed by atoms with Gasteiger partial charge in [0, 0.05) is 0 Å². The second-order valence-corrected chi connectivity index (χ2v) is 4.96. The van der Waals surface area contributed by atoms with Crippen molar-refractivity contribution in [3.05, 3.63) is 46.1 Å². The summed E-state index contributed by atoms with van der Waals surface area (Å²) in [6.45, 7) is 1.75. The molecule has 106 valence electrons. The van der Waals surface area contributed by atoms with Crippen molar-refractivity contribution in [2.24, 2.45) is 0 Å². The summed E-state index contributed by atoms with van der Waals surface area (Å²) in [6.07, 6.45) is -3.03. The number of nitrogens with one attached hydrogen (secondary N) is 1. The van der Waals surface area contributed by atoms with Crippen LogP contribution >= 0.6 is 15.9 Å². The molecule has 0 amide bonds. The maximum atomic E-state index is 12.9. The van der Waals surface area contributed by atoms with E-state index in [1.54, 1.807) is 6.92 Å². The van der Waals surface area contributed by atoms with Gasteiger partial charge < -0.3 is 11.1 Å². The summed E-state index contributed by atoms with van der Waals surface area (Å²) >= 11 is 3.28. The maximum Gasteiger partial charge on any atom is 0.418 e. The van der Waals surface area contributed by atoms with E-state index in [0.29, 0.717) is 15.7 Å². The Kier molecular flexibility index (Phi) is 3.89. The predicted molar refractivity (Wildman–Crippen MR) is 75.8 cm³/mol. The van der Waals surface area contributed by atoms with Crippen LogP contribution < -0.4 is 11.1 Å². The lowest BCUT2D eigenvalue weighted by Gasteiger charge is -2.15. The highest BCUT2D eigenvalue weighted by atomic mass is 79.9. The van der Waals surface area contributed by atoms with Crippen LogP contribution in [0.1, 0.15) is 11.1 Å². The van der Waals surface area contributed by atoms with Crippen LogP contribution in [-0.2, 0) is 6.18 Å². The summed E-state index contributed by atoms with van der Waals surface area (Å²) in [4.78, 5) is 4.01. The largest absolute Gasteiger partial charge is 0.418 e. The molecule has 0 fully saturated rings. The maximum absolute atomic E-state index is 12.9. The number of hydrogen-bond acceptors (Lipinski definition) is 3. The van der Waals surface area contributed by atoms with E-state index in [-0.39, 0.29) is 11.5 Å². The summed E-state index contributed by atoms with van der Waals surface area (Å²) in [5.41, 5.74) is 6.06. The molecule has 2 aromatic rings. The lowest BCUT2D eigenvalue weighted by atomic mass is 10.1. The van der Waals surface area contributed by atoms with E-state index in [1.165, 1.54) is 24.4 Å². The lowest BCUT2D eigenvalue weighted by molar-refractivity contribution is -0.136. The van der Waals surface area contributed by atoms with Gasteiger partial charge in [0.05, 0.1) is 27.6 Å². The highest BCUT2D eigenvalue weighted by Gasteiger charge is 2.33. The molecule has 1 heterocycles. The Morgan fingerprint density at radius 3 is 2.55 bits per heavy atom. The normalized spacial score (nSPS) is 11.4. The van der Waals surface area contributed by atoms with Gasteiger partial charge >= 0.3 is 6.18 Å². The average molecular weight is 346 g/mol. The van der Waals surface area contributed by atoms with Gasteiger partial charge in [-0.3, -0.25) is 0 Å². The van der Waals surface area contributed by atoms with E-state index in [0.717, 1.165) is 6.07 Å². The third-order valence-electron chi connectivity index (χ3n) is 2.79. The van der Waals surface area contributed by atoms with Crippen LogP contribution in [0.15, 0.2) is 34.9 Å². The molecule has 1 aromatic heterocycles. The standard InChI is InChI=1S/C13H11BrF3N3/c1-7-9(18)6-19-12(11(7)14)20-10-5-3-2-4-8(10)13(15,16)17/h2-6H,18H2,1H3,(H,19,20). The number of para-hydroxylation sites is 1. The molecular weight excluding hydrogens is 335 g/mol. The van der Waals surface area contributed by atoms with Crippen molar-refractivity contribution in [3.63, 3.8) is 0 Å². The molecule has 0 saturated heterocycles. The molecule has 0 aliphatic rings. The first-order chi connectivity index (χ1) is 9.30. The van der Waals surface area contributed by atoms with Gasteiger partial charge in [0.25, 0.3) is 0 Å². The number of nitrogen functional groups attached to an aromatic ring is 1. The van der Waals surface area contributed by atoms with Crippen LogP contribution in [0.4, 0.5) is 30.4 Å². The van der Waals surface area contributed by atoms with Crippen molar-refractivity contribution in [3.8, 4) is 0 Å². The van der Waals surface area contributed by atoms with Crippen molar-refractivity contribution < 1.29 is 13.2 Å². The Bertz CT molecular complexity index is 641. The van der Waals surface area contributed by atoms with Crippen molar-refractivity contribution >= 4 is 33.1 Å². The zero-order valence-corrected chi connectivity index (χ0v) is 12.0. The Morgan fingerprint density at radius 1 is 1.25 bits per heavy atom. The van der Waals surface area contributed by atoms with E-state index in [2.05, 4.69) is 26.2 Å². The number of nitrogens with two attached hydrogens (primary N) is 1. The number of hydrogen-bond donors (Lipinski definition) is 2. The first-order valence-corrected chi connectivity index (χ1v) is 6.44. The second-order valence-electron chi connectivity index (χ2n) is 4.17. The number of rotatable bonds is 2. The zero-order valence-electron chi connectivity index (χ0n) is 10.4. The summed E-state index contributed by atoms with van der Waals surface area (Å²) in [5.74, 6) is 0.286. The minimum absolute atomic E-state index is 0.0580. The quantitative estimate of drug-likeness (QED) is 0.842. The Labute approximate surface area is 122 Å². The lowest BCUT2D eigenvalue weighted by Crippen LogP contribution is -2.09. The fraction of sp³-hybridized carbons (Fsp3) is 0.154. The monoisotopic (exact) mass is 345 g/mol. The Balaban J connectivity index is 2.44. The minimum Gasteiger partial charge on any atom is -0.397 e. The number of anilines is 3. The van der Waals surface area contributed by atoms with Gasteiger partial charge in [-0.2, -0.15) is 13.2 Å². The molecule has 1 aromatic carbocycles. The van der Waals surface area contributed by atoms with Crippen molar-refractivity contribution in [1.29, 1.82) is 0 Å². The molecular formula is C13H11BrF3N3. The van der Waals surface area contributed by atoms with Gasteiger partial charge in [0.15, 0.2) is 0 Å². The summed E-state index contributed by atoms with van der Waals surface area (Å²) in [6, 6.07) is 5.23. The van der Waals surface area contributed by atoms with Crippen LogP contribution in [0.25, 0.3) is 0 Å². The van der Waals surface area contributed by atoms with Gasteiger partial charge in [-0.05, 0) is 40.5 Å².